The summed E-state index contributed by atoms with van der Waals surface area (Å²) in [4.78, 5) is 40.9. The molecule has 1 fully saturated rings. The Morgan fingerprint density at radius 2 is 1.66 bits per heavy atom. The summed E-state index contributed by atoms with van der Waals surface area (Å²) in [6, 6.07) is 17.6. The highest BCUT2D eigenvalue weighted by Gasteiger charge is 2.36. The fraction of sp³-hybridized carbons (Fsp3) is 0.324. The lowest BCUT2D eigenvalue weighted by Crippen LogP contribution is -2.49. The molecular formula is C34H32N2O5. The van der Waals surface area contributed by atoms with Gasteiger partial charge in [0, 0.05) is 71.2 Å². The molecule has 0 aliphatic carbocycles. The van der Waals surface area contributed by atoms with Gasteiger partial charge in [-0.3, -0.25) is 9.59 Å². The number of carbonyl (C=O) groups excluding carboxylic acids is 1. The Morgan fingerprint density at radius 1 is 0.878 bits per heavy atom. The number of nitrogens with zero attached hydrogens (tertiary/aromatic N) is 2. The molecule has 2 aliphatic heterocycles. The number of hydrogen-bond donors (Lipinski definition) is 0. The number of aryl methyl sites for hydroxylation is 3. The Labute approximate surface area is 237 Å². The second-order valence-corrected chi connectivity index (χ2v) is 11.6. The Kier molecular flexibility index (Phi) is 6.00. The number of likely N-dealkylation sites (tertiary alicyclic amines) is 1. The van der Waals surface area contributed by atoms with E-state index in [0.29, 0.717) is 37.2 Å². The van der Waals surface area contributed by atoms with E-state index >= 15 is 0 Å². The number of amides is 1. The third-order valence-corrected chi connectivity index (χ3v) is 9.12. The fourth-order valence-electron chi connectivity index (χ4n) is 7.12. The van der Waals surface area contributed by atoms with Crippen molar-refractivity contribution in [2.75, 3.05) is 13.1 Å². The van der Waals surface area contributed by atoms with Crippen molar-refractivity contribution >= 4 is 27.8 Å². The average Bonchev–Trinajstić information content (AvgIpc) is 3.30. The van der Waals surface area contributed by atoms with Crippen LogP contribution >= 0.6 is 0 Å². The van der Waals surface area contributed by atoms with Crippen LogP contribution in [-0.4, -0.2) is 28.5 Å². The average molecular weight is 549 g/mol. The Bertz CT molecular complexity index is 1960. The van der Waals surface area contributed by atoms with E-state index in [1.165, 1.54) is 0 Å². The van der Waals surface area contributed by atoms with Gasteiger partial charge < -0.3 is 18.3 Å². The normalized spacial score (nSPS) is 18.2. The number of hydrogen-bond acceptors (Lipinski definition) is 5. The Hall–Kier alpha value is -4.39. The van der Waals surface area contributed by atoms with Crippen LogP contribution in [0.25, 0.3) is 33.1 Å². The maximum Gasteiger partial charge on any atom is 0.339 e. The predicted octanol–water partition coefficient (Wildman–Crippen LogP) is 5.87. The number of aromatic nitrogens is 1. The summed E-state index contributed by atoms with van der Waals surface area (Å²) < 4.78 is 13.9. The molecule has 2 aromatic carbocycles. The molecule has 5 aromatic rings. The topological polar surface area (TPSA) is 85.7 Å². The fourth-order valence-corrected chi connectivity index (χ4v) is 7.12. The molecule has 2 atom stereocenters. The highest BCUT2D eigenvalue weighted by Crippen LogP contribution is 2.40. The highest BCUT2D eigenvalue weighted by molar-refractivity contribution is 6.05. The van der Waals surface area contributed by atoms with Crippen LogP contribution in [0.1, 0.15) is 46.9 Å². The molecule has 2 aliphatic rings. The van der Waals surface area contributed by atoms with E-state index in [4.69, 9.17) is 8.83 Å². The molecule has 0 spiro atoms. The number of carbonyl (C=O) groups is 1. The second-order valence-electron chi connectivity index (χ2n) is 11.6. The van der Waals surface area contributed by atoms with Crippen molar-refractivity contribution in [3.8, 4) is 11.1 Å². The van der Waals surface area contributed by atoms with Crippen LogP contribution in [0.15, 0.2) is 73.0 Å². The number of fused-ring (bicyclic) bond motifs is 6. The van der Waals surface area contributed by atoms with Gasteiger partial charge in [0.1, 0.15) is 16.9 Å². The van der Waals surface area contributed by atoms with E-state index in [0.717, 1.165) is 56.5 Å². The van der Waals surface area contributed by atoms with E-state index in [-0.39, 0.29) is 29.7 Å². The molecule has 0 N–H and O–H groups in total. The smallest absolute Gasteiger partial charge is 0.339 e. The summed E-state index contributed by atoms with van der Waals surface area (Å²) in [5.41, 5.74) is 6.18. The number of furan rings is 1. The third-order valence-electron chi connectivity index (χ3n) is 9.12. The minimum absolute atomic E-state index is 0.0319. The third kappa shape index (κ3) is 4.14. The maximum absolute atomic E-state index is 13.4. The molecule has 1 amide bonds. The molecule has 7 heteroatoms. The van der Waals surface area contributed by atoms with Gasteiger partial charge in [0.2, 0.25) is 5.91 Å². The Balaban J connectivity index is 1.19. The molecule has 0 unspecified atom stereocenters. The first-order valence-electron chi connectivity index (χ1n) is 14.3. The predicted molar refractivity (Wildman–Crippen MR) is 158 cm³/mol. The first-order chi connectivity index (χ1) is 19.8. The number of pyridine rings is 1. The van der Waals surface area contributed by atoms with E-state index in [9.17, 15) is 14.4 Å². The van der Waals surface area contributed by atoms with Crippen LogP contribution in [0.5, 0.6) is 0 Å². The van der Waals surface area contributed by atoms with Gasteiger partial charge in [-0.15, -0.1) is 0 Å². The number of benzene rings is 2. The van der Waals surface area contributed by atoms with Crippen molar-refractivity contribution in [2.24, 2.45) is 5.92 Å². The molecule has 5 heterocycles. The molecule has 0 saturated carbocycles. The summed E-state index contributed by atoms with van der Waals surface area (Å²) in [6.07, 6.45) is 1.55. The van der Waals surface area contributed by atoms with Gasteiger partial charge in [0.25, 0.3) is 5.56 Å². The van der Waals surface area contributed by atoms with Crippen LogP contribution < -0.4 is 11.2 Å². The van der Waals surface area contributed by atoms with Crippen LogP contribution in [0.3, 0.4) is 0 Å². The molecular weight excluding hydrogens is 516 g/mol. The summed E-state index contributed by atoms with van der Waals surface area (Å²) in [5.74, 6) is 1.28. The molecule has 208 valence electrons. The van der Waals surface area contributed by atoms with Gasteiger partial charge >= 0.3 is 5.63 Å². The second kappa shape index (κ2) is 9.61. The lowest BCUT2D eigenvalue weighted by atomic mass is 9.83. The summed E-state index contributed by atoms with van der Waals surface area (Å²) >= 11 is 0. The van der Waals surface area contributed by atoms with Crippen LogP contribution in [0.4, 0.5) is 0 Å². The largest absolute Gasteiger partial charge is 0.460 e. The highest BCUT2D eigenvalue weighted by atomic mass is 16.4. The van der Waals surface area contributed by atoms with Gasteiger partial charge in [0.05, 0.1) is 0 Å². The molecule has 7 rings (SSSR count). The monoisotopic (exact) mass is 548 g/mol. The SMILES string of the molecule is Cc1oc2c(C)c3oc(=O)c(CCC(=O)N4C[C@@H]5C[C@H](C4)c4cccc(=O)n4C5)c(C)c3cc2c1-c1ccccc1. The lowest BCUT2D eigenvalue weighted by molar-refractivity contribution is -0.133. The lowest BCUT2D eigenvalue weighted by Gasteiger charge is -2.42. The van der Waals surface area contributed by atoms with Gasteiger partial charge in [-0.05, 0) is 62.8 Å². The zero-order chi connectivity index (χ0) is 28.4. The first kappa shape index (κ1) is 25.6. The first-order valence-corrected chi connectivity index (χ1v) is 14.3. The van der Waals surface area contributed by atoms with Crippen LogP contribution in [0, 0.1) is 26.7 Å². The zero-order valence-electron chi connectivity index (χ0n) is 23.5. The molecule has 3 aromatic heterocycles. The molecule has 0 radical (unpaired) electrons. The summed E-state index contributed by atoms with van der Waals surface area (Å²) in [6.45, 7) is 7.71. The van der Waals surface area contributed by atoms with Gasteiger partial charge in [0.15, 0.2) is 0 Å². The van der Waals surface area contributed by atoms with E-state index < -0.39 is 5.63 Å². The van der Waals surface area contributed by atoms with Gasteiger partial charge in [-0.25, -0.2) is 4.79 Å². The quantitative estimate of drug-likeness (QED) is 0.262. The van der Waals surface area contributed by atoms with Crippen LogP contribution in [0.2, 0.25) is 0 Å². The van der Waals surface area contributed by atoms with Crippen molar-refractivity contribution in [3.63, 3.8) is 0 Å². The number of piperidine rings is 1. The maximum atomic E-state index is 13.4. The number of rotatable bonds is 4. The van der Waals surface area contributed by atoms with Crippen molar-refractivity contribution < 1.29 is 13.6 Å². The van der Waals surface area contributed by atoms with E-state index in [2.05, 4.69) is 18.2 Å². The molecule has 2 bridgehead atoms. The molecule has 41 heavy (non-hydrogen) atoms. The van der Waals surface area contributed by atoms with Crippen molar-refractivity contribution in [3.05, 3.63) is 104 Å². The van der Waals surface area contributed by atoms with Gasteiger partial charge in [-0.1, -0.05) is 36.4 Å². The van der Waals surface area contributed by atoms with Crippen molar-refractivity contribution in [1.82, 2.24) is 9.47 Å². The summed E-state index contributed by atoms with van der Waals surface area (Å²) in [7, 11) is 0. The van der Waals surface area contributed by atoms with E-state index in [1.807, 2.05) is 54.5 Å². The van der Waals surface area contributed by atoms with Crippen LogP contribution in [-0.2, 0) is 17.8 Å². The molecule has 7 nitrogen and oxygen atoms in total. The van der Waals surface area contributed by atoms with E-state index in [1.54, 1.807) is 12.1 Å². The zero-order valence-corrected chi connectivity index (χ0v) is 23.5. The molecule has 1 saturated heterocycles. The van der Waals surface area contributed by atoms with Crippen molar-refractivity contribution in [1.29, 1.82) is 0 Å². The standard InChI is InChI=1S/C34H32N2O5/c1-19-25(12-13-29(37)35-16-22-14-24(18-35)28-10-7-11-30(38)36(28)17-22)34(39)41-32-20(2)33-27(15-26(19)32)31(21(3)40-33)23-8-5-4-6-9-23/h4-11,15,22,24H,12-14,16-18H2,1-3H3/t22-,24+/m0/s1. The van der Waals surface area contributed by atoms with Gasteiger partial charge in [-0.2, -0.15) is 0 Å². The summed E-state index contributed by atoms with van der Waals surface area (Å²) in [5, 5.41) is 1.85. The minimum Gasteiger partial charge on any atom is -0.460 e. The van der Waals surface area contributed by atoms with Crippen molar-refractivity contribution in [2.45, 2.75) is 52.5 Å². The Morgan fingerprint density at radius 3 is 2.46 bits per heavy atom. The minimum atomic E-state index is -0.402.